The van der Waals surface area contributed by atoms with Gasteiger partial charge in [-0.1, -0.05) is 38.3 Å². The molecule has 1 saturated carbocycles. The van der Waals surface area contributed by atoms with Gasteiger partial charge in [0, 0.05) is 24.6 Å². The van der Waals surface area contributed by atoms with Crippen molar-refractivity contribution in [2.75, 3.05) is 11.4 Å². The van der Waals surface area contributed by atoms with Gasteiger partial charge in [-0.05, 0) is 37.0 Å². The van der Waals surface area contributed by atoms with E-state index in [1.54, 1.807) is 4.90 Å². The molecule has 1 heterocycles. The molecule has 1 aliphatic heterocycles. The Kier molecular flexibility index (Phi) is 5.91. The predicted molar refractivity (Wildman–Crippen MR) is 99.1 cm³/mol. The summed E-state index contributed by atoms with van der Waals surface area (Å²) in [4.78, 5) is 38.4. The molecule has 3 rings (SSSR count). The van der Waals surface area contributed by atoms with Crippen molar-refractivity contribution >= 4 is 23.4 Å². The maximum Gasteiger partial charge on any atom is 0.243 e. The summed E-state index contributed by atoms with van der Waals surface area (Å²) in [5.41, 5.74) is 7.08. The second-order valence-electron chi connectivity index (χ2n) is 7.24. The molecule has 2 fully saturated rings. The van der Waals surface area contributed by atoms with Gasteiger partial charge >= 0.3 is 0 Å². The highest BCUT2D eigenvalue weighted by molar-refractivity contribution is 6.00. The van der Waals surface area contributed by atoms with Gasteiger partial charge < -0.3 is 4.90 Å². The fourth-order valence-corrected chi connectivity index (χ4v) is 3.74. The first-order chi connectivity index (χ1) is 12.6. The summed E-state index contributed by atoms with van der Waals surface area (Å²) in [7, 11) is 0. The van der Waals surface area contributed by atoms with E-state index in [0.717, 1.165) is 37.8 Å². The molecular weight excluding hydrogens is 330 g/mol. The summed E-state index contributed by atoms with van der Waals surface area (Å²) in [5, 5.41) is 0. The molecular formula is C20H27N3O3. The van der Waals surface area contributed by atoms with Gasteiger partial charge in [-0.2, -0.15) is 0 Å². The lowest BCUT2D eigenvalue weighted by atomic mass is 9.89. The monoisotopic (exact) mass is 357 g/mol. The van der Waals surface area contributed by atoms with Crippen LogP contribution in [0.3, 0.4) is 0 Å². The normalized spacial score (nSPS) is 20.9. The molecule has 1 aromatic rings. The van der Waals surface area contributed by atoms with Crippen molar-refractivity contribution in [1.29, 1.82) is 0 Å². The Hall–Kier alpha value is -2.37. The second-order valence-corrected chi connectivity index (χ2v) is 7.24. The highest BCUT2D eigenvalue weighted by Gasteiger charge is 2.35. The Morgan fingerprint density at radius 3 is 2.23 bits per heavy atom. The number of hydrogen-bond donors (Lipinski definition) is 2. The highest BCUT2D eigenvalue weighted by atomic mass is 16.2. The number of carbonyl (C=O) groups excluding carboxylic acids is 3. The lowest BCUT2D eigenvalue weighted by Crippen LogP contribution is -2.47. The van der Waals surface area contributed by atoms with Gasteiger partial charge in [0.25, 0.3) is 0 Å². The van der Waals surface area contributed by atoms with E-state index in [-0.39, 0.29) is 30.1 Å². The van der Waals surface area contributed by atoms with Crippen LogP contribution in [0.1, 0.15) is 51.0 Å². The molecule has 0 unspecified atom stereocenters. The van der Waals surface area contributed by atoms with Gasteiger partial charge in [0.1, 0.15) is 0 Å². The van der Waals surface area contributed by atoms with E-state index < -0.39 is 5.92 Å². The molecule has 2 N–H and O–H groups in total. The number of anilines is 1. The van der Waals surface area contributed by atoms with Crippen LogP contribution in [-0.2, 0) is 20.8 Å². The Labute approximate surface area is 154 Å². The first-order valence-corrected chi connectivity index (χ1v) is 9.57. The third-order valence-electron chi connectivity index (χ3n) is 5.44. The van der Waals surface area contributed by atoms with Crippen LogP contribution in [0.15, 0.2) is 24.3 Å². The molecule has 1 aliphatic carbocycles. The van der Waals surface area contributed by atoms with E-state index in [4.69, 9.17) is 0 Å². The van der Waals surface area contributed by atoms with Crippen molar-refractivity contribution < 1.29 is 14.4 Å². The van der Waals surface area contributed by atoms with Gasteiger partial charge in [-0.3, -0.25) is 25.2 Å². The number of hydrogen-bond acceptors (Lipinski definition) is 3. The number of benzene rings is 1. The summed E-state index contributed by atoms with van der Waals surface area (Å²) in [6.07, 6.45) is 6.18. The smallest absolute Gasteiger partial charge is 0.243 e. The van der Waals surface area contributed by atoms with Gasteiger partial charge in [-0.15, -0.1) is 0 Å². The average Bonchev–Trinajstić information content (AvgIpc) is 3.08. The molecule has 1 atom stereocenters. The third-order valence-corrected chi connectivity index (χ3v) is 5.44. The zero-order valence-corrected chi connectivity index (χ0v) is 15.3. The van der Waals surface area contributed by atoms with Crippen LogP contribution in [0.4, 0.5) is 5.69 Å². The van der Waals surface area contributed by atoms with E-state index in [2.05, 4.69) is 17.8 Å². The zero-order valence-electron chi connectivity index (χ0n) is 15.3. The number of nitrogens with zero attached hydrogens (tertiary/aromatic N) is 1. The van der Waals surface area contributed by atoms with Crippen molar-refractivity contribution in [2.45, 2.75) is 51.9 Å². The maximum absolute atomic E-state index is 12.4. The number of hydrazine groups is 1. The zero-order chi connectivity index (χ0) is 18.5. The summed E-state index contributed by atoms with van der Waals surface area (Å²) in [6, 6.07) is 7.84. The van der Waals surface area contributed by atoms with Crippen molar-refractivity contribution in [3.05, 3.63) is 29.8 Å². The number of carbonyl (C=O) groups is 3. The van der Waals surface area contributed by atoms with E-state index in [1.165, 1.54) is 12.0 Å². The average molecular weight is 357 g/mol. The van der Waals surface area contributed by atoms with E-state index in [9.17, 15) is 14.4 Å². The van der Waals surface area contributed by atoms with Crippen LogP contribution in [0.2, 0.25) is 0 Å². The topological polar surface area (TPSA) is 78.5 Å². The molecule has 26 heavy (non-hydrogen) atoms. The van der Waals surface area contributed by atoms with Crippen LogP contribution < -0.4 is 15.8 Å². The number of amides is 3. The van der Waals surface area contributed by atoms with Crippen molar-refractivity contribution in [2.24, 2.45) is 11.8 Å². The molecule has 3 amide bonds. The maximum atomic E-state index is 12.4. The summed E-state index contributed by atoms with van der Waals surface area (Å²) < 4.78 is 0. The Balaban J connectivity index is 1.52. The van der Waals surface area contributed by atoms with E-state index in [1.807, 2.05) is 24.3 Å². The predicted octanol–water partition coefficient (Wildman–Crippen LogP) is 2.33. The molecule has 0 spiro atoms. The first-order valence-electron chi connectivity index (χ1n) is 9.57. The Bertz CT molecular complexity index is 665. The summed E-state index contributed by atoms with van der Waals surface area (Å²) in [6.45, 7) is 2.42. The number of nitrogens with one attached hydrogen (secondary N) is 2. The molecule has 0 bridgehead atoms. The molecule has 1 saturated heterocycles. The lowest BCUT2D eigenvalue weighted by Gasteiger charge is -2.21. The van der Waals surface area contributed by atoms with Crippen LogP contribution >= 0.6 is 0 Å². The molecule has 0 radical (unpaired) electrons. The van der Waals surface area contributed by atoms with Gasteiger partial charge in [-0.25, -0.2) is 0 Å². The van der Waals surface area contributed by atoms with Gasteiger partial charge in [0.2, 0.25) is 17.7 Å². The fraction of sp³-hybridized carbons (Fsp3) is 0.550. The Morgan fingerprint density at radius 1 is 1.00 bits per heavy atom. The van der Waals surface area contributed by atoms with Crippen LogP contribution in [0.5, 0.6) is 0 Å². The van der Waals surface area contributed by atoms with Crippen LogP contribution in [0, 0.1) is 11.8 Å². The lowest BCUT2D eigenvalue weighted by molar-refractivity contribution is -0.133. The molecule has 140 valence electrons. The summed E-state index contributed by atoms with van der Waals surface area (Å²) in [5.74, 6) is -0.930. The minimum absolute atomic E-state index is 0.0113. The molecule has 1 aromatic carbocycles. The fourth-order valence-electron chi connectivity index (χ4n) is 3.74. The highest BCUT2D eigenvalue weighted by Crippen LogP contribution is 2.26. The van der Waals surface area contributed by atoms with Crippen LogP contribution in [-0.4, -0.2) is 24.3 Å². The van der Waals surface area contributed by atoms with Gasteiger partial charge in [0.15, 0.2) is 0 Å². The molecule has 2 aliphatic rings. The van der Waals surface area contributed by atoms with Crippen molar-refractivity contribution in [3.63, 3.8) is 0 Å². The van der Waals surface area contributed by atoms with Crippen molar-refractivity contribution in [1.82, 2.24) is 10.9 Å². The quantitative estimate of drug-likeness (QED) is 0.812. The van der Waals surface area contributed by atoms with Crippen LogP contribution in [0.25, 0.3) is 0 Å². The van der Waals surface area contributed by atoms with E-state index >= 15 is 0 Å². The SMILES string of the molecule is CCc1ccc(N2C[C@@H](C(=O)NNC(=O)C3CCCCC3)CC2=O)cc1. The number of aryl methyl sites for hydroxylation is 1. The minimum atomic E-state index is -0.444. The minimum Gasteiger partial charge on any atom is -0.312 e. The van der Waals surface area contributed by atoms with Gasteiger partial charge in [0.05, 0.1) is 5.92 Å². The third kappa shape index (κ3) is 4.23. The molecule has 6 heteroatoms. The standard InChI is InChI=1S/C20H27N3O3/c1-2-14-8-10-17(11-9-14)23-13-16(12-18(23)24)20(26)22-21-19(25)15-6-4-3-5-7-15/h8-11,15-16H,2-7,12-13H2,1H3,(H,21,25)(H,22,26)/t16-/m0/s1. The molecule has 0 aromatic heterocycles. The van der Waals surface area contributed by atoms with Crippen molar-refractivity contribution in [3.8, 4) is 0 Å². The largest absolute Gasteiger partial charge is 0.312 e. The number of rotatable bonds is 4. The molecule has 6 nitrogen and oxygen atoms in total. The second kappa shape index (κ2) is 8.34. The van der Waals surface area contributed by atoms with E-state index in [0.29, 0.717) is 6.54 Å². The first kappa shape index (κ1) is 18.4. The summed E-state index contributed by atoms with van der Waals surface area (Å²) >= 11 is 0. The Morgan fingerprint density at radius 2 is 1.62 bits per heavy atom.